The van der Waals surface area contributed by atoms with Crippen LogP contribution in [0.4, 0.5) is 18.9 Å². The minimum Gasteiger partial charge on any atom is -0.377 e. The summed E-state index contributed by atoms with van der Waals surface area (Å²) in [5.41, 5.74) is 2.11. The molecule has 0 fully saturated rings. The van der Waals surface area contributed by atoms with E-state index in [2.05, 4.69) is 5.32 Å². The van der Waals surface area contributed by atoms with Crippen LogP contribution in [0, 0.1) is 6.92 Å². The molecule has 24 heavy (non-hydrogen) atoms. The maximum absolute atomic E-state index is 12.7. The molecule has 2 aromatic carbocycles. The minimum atomic E-state index is -4.39. The van der Waals surface area contributed by atoms with Crippen LogP contribution in [0.25, 0.3) is 0 Å². The third-order valence-corrected chi connectivity index (χ3v) is 3.65. The smallest absolute Gasteiger partial charge is 0.377 e. The predicted octanol–water partition coefficient (Wildman–Crippen LogP) is 4.01. The predicted molar refractivity (Wildman–Crippen MR) is 88.1 cm³/mol. The molecule has 0 aromatic heterocycles. The summed E-state index contributed by atoms with van der Waals surface area (Å²) in [6.07, 6.45) is -4.39. The lowest BCUT2D eigenvalue weighted by molar-refractivity contribution is -0.137. The highest BCUT2D eigenvalue weighted by Gasteiger charge is 2.30. The van der Waals surface area contributed by atoms with E-state index in [1.807, 2.05) is 32.0 Å². The van der Waals surface area contributed by atoms with Crippen molar-refractivity contribution in [3.63, 3.8) is 0 Å². The molecule has 6 heteroatoms. The van der Waals surface area contributed by atoms with E-state index in [0.29, 0.717) is 11.1 Å². The molecule has 2 rings (SSSR count). The molecule has 0 saturated carbocycles. The van der Waals surface area contributed by atoms with E-state index in [1.54, 1.807) is 18.2 Å². The van der Waals surface area contributed by atoms with Crippen LogP contribution in [0.5, 0.6) is 0 Å². The van der Waals surface area contributed by atoms with E-state index in [9.17, 15) is 18.0 Å². The Kier molecular flexibility index (Phi) is 5.17. The van der Waals surface area contributed by atoms with E-state index in [0.717, 1.165) is 23.4 Å². The number of hydrogen-bond donors (Lipinski definition) is 1. The molecule has 0 unspecified atom stereocenters. The van der Waals surface area contributed by atoms with Crippen LogP contribution < -0.4 is 10.2 Å². The fraction of sp³-hybridized carbons (Fsp3) is 0.278. The monoisotopic (exact) mass is 336 g/mol. The Morgan fingerprint density at radius 2 is 1.83 bits per heavy atom. The Balaban J connectivity index is 2.07. The number of hydrogen-bond acceptors (Lipinski definition) is 2. The van der Waals surface area contributed by atoms with Gasteiger partial charge in [-0.2, -0.15) is 13.2 Å². The molecular weight excluding hydrogens is 317 g/mol. The number of halogens is 3. The average molecular weight is 336 g/mol. The Bertz CT molecular complexity index is 739. The van der Waals surface area contributed by atoms with E-state index >= 15 is 0 Å². The van der Waals surface area contributed by atoms with E-state index in [-0.39, 0.29) is 12.5 Å². The Morgan fingerprint density at radius 3 is 2.42 bits per heavy atom. The zero-order valence-electron chi connectivity index (χ0n) is 13.7. The first-order chi connectivity index (χ1) is 11.2. The molecule has 0 atom stereocenters. The molecule has 2 aromatic rings. The van der Waals surface area contributed by atoms with Crippen molar-refractivity contribution in [2.45, 2.75) is 19.6 Å². The number of benzene rings is 2. The third kappa shape index (κ3) is 4.28. The number of aryl methyl sites for hydroxylation is 1. The molecule has 1 N–H and O–H groups in total. The standard InChI is InChI=1S/C18H19F3N2O/c1-12-9-14(7-8-16(12)23(2)3)17(24)22-11-13-5-4-6-15(10-13)18(19,20)21/h4-10H,11H2,1-3H3,(H,22,24). The lowest BCUT2D eigenvalue weighted by atomic mass is 10.1. The fourth-order valence-corrected chi connectivity index (χ4v) is 2.44. The summed E-state index contributed by atoms with van der Waals surface area (Å²) < 4.78 is 38.1. The number of rotatable bonds is 4. The quantitative estimate of drug-likeness (QED) is 0.915. The summed E-state index contributed by atoms with van der Waals surface area (Å²) in [4.78, 5) is 14.1. The average Bonchev–Trinajstić information content (AvgIpc) is 2.51. The lowest BCUT2D eigenvalue weighted by Gasteiger charge is -2.16. The first-order valence-electron chi connectivity index (χ1n) is 7.41. The van der Waals surface area contributed by atoms with Gasteiger partial charge in [0, 0.05) is 31.9 Å². The van der Waals surface area contributed by atoms with Crippen LogP contribution in [-0.2, 0) is 12.7 Å². The molecule has 0 heterocycles. The molecule has 0 spiro atoms. The van der Waals surface area contributed by atoms with Crippen LogP contribution in [0.1, 0.15) is 27.0 Å². The maximum Gasteiger partial charge on any atom is 0.416 e. The van der Waals surface area contributed by atoms with Gasteiger partial charge in [0.25, 0.3) is 5.91 Å². The highest BCUT2D eigenvalue weighted by molar-refractivity contribution is 5.94. The van der Waals surface area contributed by atoms with Crippen LogP contribution in [-0.4, -0.2) is 20.0 Å². The van der Waals surface area contributed by atoms with Crippen molar-refractivity contribution in [1.29, 1.82) is 0 Å². The number of nitrogens with zero attached hydrogens (tertiary/aromatic N) is 1. The van der Waals surface area contributed by atoms with Crippen molar-refractivity contribution in [3.05, 3.63) is 64.7 Å². The van der Waals surface area contributed by atoms with Gasteiger partial charge in [0.2, 0.25) is 0 Å². The van der Waals surface area contributed by atoms with Crippen LogP contribution in [0.15, 0.2) is 42.5 Å². The van der Waals surface area contributed by atoms with Gasteiger partial charge >= 0.3 is 6.18 Å². The molecule has 0 radical (unpaired) electrons. The molecule has 1 amide bonds. The van der Waals surface area contributed by atoms with Gasteiger partial charge in [-0.05, 0) is 48.4 Å². The van der Waals surface area contributed by atoms with Crippen molar-refractivity contribution in [1.82, 2.24) is 5.32 Å². The molecule has 0 saturated heterocycles. The second kappa shape index (κ2) is 6.95. The summed E-state index contributed by atoms with van der Waals surface area (Å²) in [6.45, 7) is 1.94. The third-order valence-electron chi connectivity index (χ3n) is 3.65. The molecule has 0 aliphatic heterocycles. The summed E-state index contributed by atoms with van der Waals surface area (Å²) in [5.74, 6) is -0.319. The second-order valence-corrected chi connectivity index (χ2v) is 5.78. The fourth-order valence-electron chi connectivity index (χ4n) is 2.44. The summed E-state index contributed by atoms with van der Waals surface area (Å²) in [6, 6.07) is 10.2. The van der Waals surface area contributed by atoms with Crippen molar-refractivity contribution in [2.75, 3.05) is 19.0 Å². The minimum absolute atomic E-state index is 0.0389. The van der Waals surface area contributed by atoms with Crippen LogP contribution >= 0.6 is 0 Å². The number of alkyl halides is 3. The molecule has 3 nitrogen and oxygen atoms in total. The molecule has 0 aliphatic rings. The van der Waals surface area contributed by atoms with Crippen molar-refractivity contribution in [3.8, 4) is 0 Å². The van der Waals surface area contributed by atoms with Gasteiger partial charge in [-0.1, -0.05) is 12.1 Å². The van der Waals surface area contributed by atoms with Crippen LogP contribution in [0.3, 0.4) is 0 Å². The molecule has 0 aliphatic carbocycles. The van der Waals surface area contributed by atoms with Gasteiger partial charge in [0.05, 0.1) is 5.56 Å². The van der Waals surface area contributed by atoms with E-state index < -0.39 is 11.7 Å². The summed E-state index contributed by atoms with van der Waals surface area (Å²) >= 11 is 0. The number of carbonyl (C=O) groups is 1. The normalized spacial score (nSPS) is 11.2. The van der Waals surface area contributed by atoms with Crippen molar-refractivity contribution < 1.29 is 18.0 Å². The van der Waals surface area contributed by atoms with E-state index in [1.165, 1.54) is 6.07 Å². The molecule has 0 bridgehead atoms. The molecule has 128 valence electrons. The summed E-state index contributed by atoms with van der Waals surface area (Å²) in [5, 5.41) is 2.65. The van der Waals surface area contributed by atoms with Crippen molar-refractivity contribution in [2.24, 2.45) is 0 Å². The summed E-state index contributed by atoms with van der Waals surface area (Å²) in [7, 11) is 3.82. The number of amides is 1. The van der Waals surface area contributed by atoms with Gasteiger partial charge in [-0.25, -0.2) is 0 Å². The van der Waals surface area contributed by atoms with Gasteiger partial charge < -0.3 is 10.2 Å². The van der Waals surface area contributed by atoms with Gasteiger partial charge in [-0.15, -0.1) is 0 Å². The largest absolute Gasteiger partial charge is 0.416 e. The zero-order valence-corrected chi connectivity index (χ0v) is 13.7. The first-order valence-corrected chi connectivity index (χ1v) is 7.41. The maximum atomic E-state index is 12.7. The van der Waals surface area contributed by atoms with E-state index in [4.69, 9.17) is 0 Å². The number of carbonyl (C=O) groups excluding carboxylic acids is 1. The topological polar surface area (TPSA) is 32.3 Å². The second-order valence-electron chi connectivity index (χ2n) is 5.78. The van der Waals surface area contributed by atoms with Gasteiger partial charge in [0.15, 0.2) is 0 Å². The first kappa shape index (κ1) is 17.8. The Morgan fingerprint density at radius 1 is 1.12 bits per heavy atom. The number of anilines is 1. The Hall–Kier alpha value is -2.50. The van der Waals surface area contributed by atoms with Crippen LogP contribution in [0.2, 0.25) is 0 Å². The number of nitrogens with one attached hydrogen (secondary N) is 1. The van der Waals surface area contributed by atoms with Crippen molar-refractivity contribution >= 4 is 11.6 Å². The SMILES string of the molecule is Cc1cc(C(=O)NCc2cccc(C(F)(F)F)c2)ccc1N(C)C. The highest BCUT2D eigenvalue weighted by atomic mass is 19.4. The van der Waals surface area contributed by atoms with Gasteiger partial charge in [-0.3, -0.25) is 4.79 Å². The Labute approximate surface area is 139 Å². The highest BCUT2D eigenvalue weighted by Crippen LogP contribution is 2.29. The van der Waals surface area contributed by atoms with Gasteiger partial charge in [0.1, 0.15) is 0 Å². The zero-order chi connectivity index (χ0) is 17.9. The molecular formula is C18H19F3N2O. The lowest BCUT2D eigenvalue weighted by Crippen LogP contribution is -2.23.